The van der Waals surface area contributed by atoms with E-state index < -0.39 is 0 Å². The van der Waals surface area contributed by atoms with E-state index in [9.17, 15) is 0 Å². The second-order valence-corrected chi connectivity index (χ2v) is 23.3. The summed E-state index contributed by atoms with van der Waals surface area (Å²) >= 11 is 0. The smallest absolute Gasteiger partial charge is 0.164 e. The van der Waals surface area contributed by atoms with Crippen LogP contribution in [0.25, 0.3) is 89.7 Å². The lowest BCUT2D eigenvalue weighted by molar-refractivity contribution is -0.870. The molecule has 0 amide bonds. The molecule has 2 aliphatic rings. The molecule has 2 N–H and O–H groups in total. The number of ether oxygens (including phenoxy) is 4. The zero-order valence-corrected chi connectivity index (χ0v) is 44.5. The summed E-state index contributed by atoms with van der Waals surface area (Å²) in [5, 5.41) is 3.40. The molecule has 72 heavy (non-hydrogen) atoms. The van der Waals surface area contributed by atoms with Crippen molar-refractivity contribution in [1.29, 1.82) is 0 Å². The van der Waals surface area contributed by atoms with Crippen LogP contribution in [0.3, 0.4) is 0 Å². The number of hydrogen-bond acceptors (Lipinski definition) is 10. The van der Waals surface area contributed by atoms with Crippen molar-refractivity contribution in [2.24, 2.45) is 0 Å². The van der Waals surface area contributed by atoms with Gasteiger partial charge in [-0.15, -0.1) is 0 Å². The maximum atomic E-state index is 6.37. The van der Waals surface area contributed by atoms with Crippen LogP contribution in [-0.4, -0.2) is 195 Å². The van der Waals surface area contributed by atoms with E-state index >= 15 is 0 Å². The highest BCUT2D eigenvalue weighted by molar-refractivity contribution is 6.07. The van der Waals surface area contributed by atoms with Crippen molar-refractivity contribution in [3.05, 3.63) is 72.8 Å². The lowest BCUT2D eigenvalue weighted by Crippen LogP contribution is -2.36. The Labute approximate surface area is 423 Å². The first-order valence-electron chi connectivity index (χ1n) is 25.2. The largest absolute Gasteiger partial charge is 0.493 e. The van der Waals surface area contributed by atoms with Crippen LogP contribution in [0.15, 0.2) is 72.8 Å². The van der Waals surface area contributed by atoms with Crippen LogP contribution in [0, 0.1) is 0 Å². The van der Waals surface area contributed by atoms with Gasteiger partial charge in [0.15, 0.2) is 23.3 Å². The van der Waals surface area contributed by atoms with Gasteiger partial charge in [0.1, 0.15) is 45.6 Å². The third kappa shape index (κ3) is 12.3. The Morgan fingerprint density at radius 2 is 0.597 bits per heavy atom. The lowest BCUT2D eigenvalue weighted by Gasteiger charge is -2.23. The first kappa shape index (κ1) is 50.2. The number of nitrogens with zero attached hydrogens (tertiary/aromatic N) is 10. The first-order valence-corrected chi connectivity index (χ1v) is 25.2. The Hall–Kier alpha value is -6.72. The monoisotopic (exact) mass is 979 g/mol. The molecule has 2 aliphatic heterocycles. The third-order valence-corrected chi connectivity index (χ3v) is 12.7. The predicted octanol–water partition coefficient (Wildman–Crippen LogP) is 8.77. The number of hydrogen-bond donors (Lipinski definition) is 2. The number of H-pyrrole nitrogens is 2. The third-order valence-electron chi connectivity index (χ3n) is 12.7. The molecule has 0 unspecified atom stereocenters. The molecule has 8 bridgehead atoms. The topological polar surface area (TPSA) is 146 Å². The van der Waals surface area contributed by atoms with Crippen molar-refractivity contribution in [3.8, 4) is 68.5 Å². The number of quaternary nitrogens is 4. The van der Waals surface area contributed by atoms with Crippen LogP contribution in [-0.2, 0) is 0 Å². The Morgan fingerprint density at radius 3 is 0.917 bits per heavy atom. The van der Waals surface area contributed by atoms with Crippen LogP contribution in [0.5, 0.6) is 23.0 Å². The van der Waals surface area contributed by atoms with Gasteiger partial charge in [0.2, 0.25) is 0 Å². The van der Waals surface area contributed by atoms with Crippen molar-refractivity contribution in [3.63, 3.8) is 0 Å². The summed E-state index contributed by atoms with van der Waals surface area (Å²) in [5.74, 6) is 4.99. The van der Waals surface area contributed by atoms with Crippen molar-refractivity contribution < 1.29 is 36.9 Å². The van der Waals surface area contributed by atoms with Gasteiger partial charge in [0, 0.05) is 69.5 Å². The van der Waals surface area contributed by atoms with Crippen LogP contribution in [0.4, 0.5) is 0 Å². The van der Waals surface area contributed by atoms with Gasteiger partial charge in [0.25, 0.3) is 0 Å². The van der Waals surface area contributed by atoms with Crippen LogP contribution >= 0.6 is 0 Å². The van der Waals surface area contributed by atoms with Gasteiger partial charge in [-0.3, -0.25) is 0 Å². The van der Waals surface area contributed by atoms with Gasteiger partial charge >= 0.3 is 0 Å². The van der Waals surface area contributed by atoms with Gasteiger partial charge in [-0.25, -0.2) is 29.9 Å². The van der Waals surface area contributed by atoms with Gasteiger partial charge < -0.3 is 46.8 Å². The van der Waals surface area contributed by atoms with Gasteiger partial charge in [0.05, 0.1) is 137 Å². The summed E-state index contributed by atoms with van der Waals surface area (Å²) in [4.78, 5) is 38.8. The molecule has 0 spiro atoms. The Morgan fingerprint density at radius 1 is 0.319 bits per heavy atom. The highest BCUT2D eigenvalue weighted by Gasteiger charge is 2.24. The Kier molecular flexibility index (Phi) is 14.0. The second kappa shape index (κ2) is 20.1. The van der Waals surface area contributed by atoms with Crippen molar-refractivity contribution in [2.45, 2.75) is 25.7 Å². The summed E-state index contributed by atoms with van der Waals surface area (Å²) in [7, 11) is 26.3. The molecule has 4 aromatic carbocycles. The molecule has 0 saturated carbocycles. The fourth-order valence-corrected chi connectivity index (χ4v) is 8.99. The summed E-state index contributed by atoms with van der Waals surface area (Å²) < 4.78 is 29.0. The minimum Gasteiger partial charge on any atom is -0.493 e. The molecule has 378 valence electrons. The SMILES string of the molecule is C[N+](C)(C)CCCOc1ccc2c(c1)-c1nc-2nc2[nH]c(nc3nc(nc4[nH]c(n1)c1ccc(OCCC[N+](C)(C)C)cc41)-c1ccc(OCCC[N+](C)(C)C)cc1-3)c1ccc(OCCC[N+](C)(C)C)cc21. The van der Waals surface area contributed by atoms with E-state index in [1.165, 1.54) is 0 Å². The van der Waals surface area contributed by atoms with E-state index in [2.05, 4.69) is 94.5 Å². The highest BCUT2D eigenvalue weighted by atomic mass is 16.5. The fraction of sp³-hybridized carbons (Fsp3) is 0.429. The molecule has 3 aromatic heterocycles. The van der Waals surface area contributed by atoms with E-state index in [0.717, 1.165) is 137 Å². The normalized spacial score (nSPS) is 12.8. The molecule has 5 heterocycles. The number of benzene rings is 4. The minimum absolute atomic E-state index is 0.498. The summed E-state index contributed by atoms with van der Waals surface area (Å²) in [6.45, 7) is 6.31. The van der Waals surface area contributed by atoms with E-state index in [0.29, 0.717) is 72.3 Å². The number of fused-ring (bicyclic) bond motifs is 20. The van der Waals surface area contributed by atoms with E-state index in [1.807, 2.05) is 72.8 Å². The predicted molar refractivity (Wildman–Crippen MR) is 288 cm³/mol. The first-order chi connectivity index (χ1) is 34.1. The highest BCUT2D eigenvalue weighted by Crippen LogP contribution is 2.40. The molecule has 7 aromatic rings. The quantitative estimate of drug-likeness (QED) is 0.0562. The maximum absolute atomic E-state index is 6.37. The zero-order chi connectivity index (χ0) is 51.0. The van der Waals surface area contributed by atoms with Crippen molar-refractivity contribution in [1.82, 2.24) is 39.9 Å². The molecular formula is C56H74N12O4+4. The zero-order valence-electron chi connectivity index (χ0n) is 44.5. The molecular weight excluding hydrogens is 905 g/mol. The summed E-state index contributed by atoms with van der Waals surface area (Å²) in [6, 6.07) is 24.2. The lowest BCUT2D eigenvalue weighted by atomic mass is 10.1. The molecule has 0 aliphatic carbocycles. The van der Waals surface area contributed by atoms with E-state index in [1.54, 1.807) is 0 Å². The van der Waals surface area contributed by atoms with Crippen LogP contribution < -0.4 is 18.9 Å². The number of aromatic amines is 2. The summed E-state index contributed by atoms with van der Waals surface area (Å²) in [6.07, 6.45) is 3.66. The average molecular weight is 979 g/mol. The van der Waals surface area contributed by atoms with Crippen molar-refractivity contribution in [2.75, 3.05) is 137 Å². The number of nitrogens with one attached hydrogen (secondary N) is 2. The van der Waals surface area contributed by atoms with Gasteiger partial charge in [-0.05, 0) is 72.8 Å². The molecule has 16 nitrogen and oxygen atoms in total. The van der Waals surface area contributed by atoms with Crippen LogP contribution in [0.1, 0.15) is 25.7 Å². The Balaban J connectivity index is 1.24. The van der Waals surface area contributed by atoms with E-state index in [-0.39, 0.29) is 0 Å². The maximum Gasteiger partial charge on any atom is 0.164 e. The molecule has 16 heteroatoms. The molecule has 9 rings (SSSR count). The van der Waals surface area contributed by atoms with Crippen LogP contribution in [0.2, 0.25) is 0 Å². The van der Waals surface area contributed by atoms with E-state index in [4.69, 9.17) is 48.9 Å². The molecule has 0 fully saturated rings. The minimum atomic E-state index is 0.498. The molecule has 0 radical (unpaired) electrons. The summed E-state index contributed by atoms with van der Waals surface area (Å²) in [5.41, 5.74) is 5.65. The van der Waals surface area contributed by atoms with Gasteiger partial charge in [-0.2, -0.15) is 0 Å². The standard InChI is InChI=1S/C56H74N12O4/c1-65(2,3)25-13-29-69-37-17-21-41-45(33-37)53-57-49(41)62-54-47-35-39(71-31-15-27-67(7,8)9)19-23-43(47)51(59-54)64-56-48-36-40(72-32-16-28-68(10,11)12)20-24-44(48)52(60-56)63-55-46-34-38(70-30-14-26-66(4,5)6)18-22-42(46)50(58-55)61-53/h17-24,33-36H,13-16,25-32H2,1-12H3,(H2,57,58,59,60,61,62,63,64)/q+4. The molecule has 0 atom stereocenters. The second-order valence-electron chi connectivity index (χ2n) is 23.3. The Bertz CT molecular complexity index is 3060. The van der Waals surface area contributed by atoms with Crippen molar-refractivity contribution >= 4 is 44.1 Å². The van der Waals surface area contributed by atoms with Gasteiger partial charge in [-0.1, -0.05) is 0 Å². The number of aromatic nitrogens is 8. The number of rotatable bonds is 20. The average Bonchev–Trinajstić information content (AvgIpc) is 4.03. The molecule has 0 saturated heterocycles. The fourth-order valence-electron chi connectivity index (χ4n) is 8.99.